The van der Waals surface area contributed by atoms with Gasteiger partial charge < -0.3 is 14.8 Å². The smallest absolute Gasteiger partial charge is 0.326 e. The van der Waals surface area contributed by atoms with Crippen molar-refractivity contribution in [2.24, 2.45) is 0 Å². The Morgan fingerprint density at radius 1 is 1.38 bits per heavy atom. The Labute approximate surface area is 126 Å². The number of carbonyl (C=O) groups is 1. The monoisotopic (exact) mass is 291 g/mol. The molecule has 0 aromatic heterocycles. The second-order valence-electron chi connectivity index (χ2n) is 5.50. The summed E-state index contributed by atoms with van der Waals surface area (Å²) in [5, 5.41) is 3.15. The van der Waals surface area contributed by atoms with E-state index in [1.54, 1.807) is 0 Å². The minimum absolute atomic E-state index is 0.0505. The molecule has 2 atom stereocenters. The molecule has 1 fully saturated rings. The minimum atomic E-state index is -0.595. The van der Waals surface area contributed by atoms with E-state index in [-0.39, 0.29) is 12.1 Å². The van der Waals surface area contributed by atoms with Crippen LogP contribution < -0.4 is 10.1 Å². The average molecular weight is 291 g/mol. The van der Waals surface area contributed by atoms with E-state index < -0.39 is 5.54 Å². The molecule has 1 aromatic carbocycles. The van der Waals surface area contributed by atoms with Crippen molar-refractivity contribution in [3.8, 4) is 5.75 Å². The van der Waals surface area contributed by atoms with Gasteiger partial charge in [-0.2, -0.15) is 0 Å². The second kappa shape index (κ2) is 6.94. The average Bonchev–Trinajstić information content (AvgIpc) is 2.93. The van der Waals surface area contributed by atoms with Gasteiger partial charge in [-0.05, 0) is 44.9 Å². The molecule has 0 aliphatic heterocycles. The van der Waals surface area contributed by atoms with E-state index in [4.69, 9.17) is 9.47 Å². The molecule has 1 aliphatic carbocycles. The molecule has 0 saturated heterocycles. The third kappa shape index (κ3) is 3.38. The fourth-order valence-electron chi connectivity index (χ4n) is 2.97. The Hall–Kier alpha value is -1.55. The highest BCUT2D eigenvalue weighted by Gasteiger charge is 2.46. The lowest BCUT2D eigenvalue weighted by Crippen LogP contribution is -2.49. The lowest BCUT2D eigenvalue weighted by molar-refractivity contribution is -0.151. The third-order valence-electron chi connectivity index (χ3n) is 4.26. The van der Waals surface area contributed by atoms with Crippen LogP contribution in [0.25, 0.3) is 0 Å². The molecular weight excluding hydrogens is 266 g/mol. The Kier molecular flexibility index (Phi) is 5.23. The van der Waals surface area contributed by atoms with Crippen LogP contribution in [-0.4, -0.2) is 31.3 Å². The maximum atomic E-state index is 12.2. The zero-order valence-corrected chi connectivity index (χ0v) is 13.1. The molecule has 1 N–H and O–H groups in total. The zero-order chi connectivity index (χ0) is 15.3. The minimum Gasteiger partial charge on any atom is -0.490 e. The zero-order valence-electron chi connectivity index (χ0n) is 13.1. The molecule has 4 nitrogen and oxygen atoms in total. The van der Waals surface area contributed by atoms with Gasteiger partial charge in [0.05, 0.1) is 6.61 Å². The van der Waals surface area contributed by atoms with Gasteiger partial charge >= 0.3 is 5.97 Å². The summed E-state index contributed by atoms with van der Waals surface area (Å²) in [4.78, 5) is 12.2. The van der Waals surface area contributed by atoms with Crippen molar-refractivity contribution >= 4 is 5.97 Å². The van der Waals surface area contributed by atoms with Crippen LogP contribution in [0.4, 0.5) is 0 Å². The van der Waals surface area contributed by atoms with Crippen molar-refractivity contribution in [2.75, 3.05) is 13.7 Å². The van der Waals surface area contributed by atoms with Crippen molar-refractivity contribution in [3.63, 3.8) is 0 Å². The molecule has 1 aliphatic rings. The Bertz CT molecular complexity index is 489. The van der Waals surface area contributed by atoms with E-state index in [9.17, 15) is 4.79 Å². The van der Waals surface area contributed by atoms with E-state index in [2.05, 4.69) is 18.3 Å². The maximum absolute atomic E-state index is 12.2. The fraction of sp³-hybridized carbons (Fsp3) is 0.588. The molecule has 4 heteroatoms. The molecular formula is C17H25NO3. The number of ether oxygens (including phenoxy) is 2. The van der Waals surface area contributed by atoms with Crippen LogP contribution in [0, 0.1) is 0 Å². The largest absolute Gasteiger partial charge is 0.490 e. The highest BCUT2D eigenvalue weighted by Crippen LogP contribution is 2.34. The number of para-hydroxylation sites is 1. The normalized spacial score (nSPS) is 24.8. The van der Waals surface area contributed by atoms with Crippen LogP contribution in [0.3, 0.4) is 0 Å². The first-order valence-corrected chi connectivity index (χ1v) is 7.76. The summed E-state index contributed by atoms with van der Waals surface area (Å²) in [5.41, 5.74) is 0.609. The predicted molar refractivity (Wildman–Crippen MR) is 82.5 cm³/mol. The SMILES string of the molecule is CCOC(=O)C1(NC)CCC(Oc2ccccc2CC)C1. The van der Waals surface area contributed by atoms with Crippen molar-refractivity contribution in [1.29, 1.82) is 0 Å². The van der Waals surface area contributed by atoms with Crippen LogP contribution in [-0.2, 0) is 16.0 Å². The number of carbonyl (C=O) groups excluding carboxylic acids is 1. The molecule has 0 spiro atoms. The van der Waals surface area contributed by atoms with Crippen molar-refractivity contribution in [1.82, 2.24) is 5.32 Å². The van der Waals surface area contributed by atoms with Crippen LogP contribution >= 0.6 is 0 Å². The number of nitrogens with one attached hydrogen (secondary N) is 1. The summed E-state index contributed by atoms with van der Waals surface area (Å²) in [5.74, 6) is 0.767. The van der Waals surface area contributed by atoms with Gasteiger partial charge in [0.2, 0.25) is 0 Å². The van der Waals surface area contributed by atoms with Gasteiger partial charge in [0.15, 0.2) is 0 Å². The lowest BCUT2D eigenvalue weighted by Gasteiger charge is -2.26. The van der Waals surface area contributed by atoms with Crippen molar-refractivity contribution < 1.29 is 14.3 Å². The van der Waals surface area contributed by atoms with Crippen LogP contribution in [0.2, 0.25) is 0 Å². The van der Waals surface area contributed by atoms with Gasteiger partial charge in [-0.25, -0.2) is 0 Å². The second-order valence-corrected chi connectivity index (χ2v) is 5.50. The molecule has 0 radical (unpaired) electrons. The highest BCUT2D eigenvalue weighted by atomic mass is 16.5. The topological polar surface area (TPSA) is 47.6 Å². The molecule has 1 aromatic rings. The van der Waals surface area contributed by atoms with Gasteiger partial charge in [-0.1, -0.05) is 25.1 Å². The van der Waals surface area contributed by atoms with Crippen LogP contribution in [0.15, 0.2) is 24.3 Å². The number of aryl methyl sites for hydroxylation is 1. The van der Waals surface area contributed by atoms with E-state index in [0.29, 0.717) is 13.0 Å². The molecule has 2 unspecified atom stereocenters. The third-order valence-corrected chi connectivity index (χ3v) is 4.26. The maximum Gasteiger partial charge on any atom is 0.326 e. The number of esters is 1. The predicted octanol–water partition coefficient (Wildman–Crippen LogP) is 2.70. The number of hydrogen-bond acceptors (Lipinski definition) is 4. The van der Waals surface area contributed by atoms with Crippen LogP contribution in [0.5, 0.6) is 5.75 Å². The number of likely N-dealkylation sites (N-methyl/N-ethyl adjacent to an activating group) is 1. The van der Waals surface area contributed by atoms with Crippen molar-refractivity contribution in [3.05, 3.63) is 29.8 Å². The van der Waals surface area contributed by atoms with E-state index in [1.165, 1.54) is 5.56 Å². The highest BCUT2D eigenvalue weighted by molar-refractivity contribution is 5.81. The summed E-state index contributed by atoms with van der Waals surface area (Å²) < 4.78 is 11.3. The quantitative estimate of drug-likeness (QED) is 0.819. The van der Waals surface area contributed by atoms with E-state index >= 15 is 0 Å². The van der Waals surface area contributed by atoms with Gasteiger partial charge in [-0.15, -0.1) is 0 Å². The Morgan fingerprint density at radius 3 is 2.81 bits per heavy atom. The number of benzene rings is 1. The molecule has 0 bridgehead atoms. The molecule has 0 amide bonds. The lowest BCUT2D eigenvalue weighted by atomic mass is 9.98. The molecule has 116 valence electrons. The Morgan fingerprint density at radius 2 is 2.14 bits per heavy atom. The first-order valence-electron chi connectivity index (χ1n) is 7.76. The summed E-state index contributed by atoms with van der Waals surface area (Å²) in [7, 11) is 1.82. The number of rotatable bonds is 6. The van der Waals surface area contributed by atoms with Crippen molar-refractivity contribution in [2.45, 2.75) is 51.2 Å². The summed E-state index contributed by atoms with van der Waals surface area (Å²) in [6, 6.07) is 8.10. The first kappa shape index (κ1) is 15.8. The van der Waals surface area contributed by atoms with Gasteiger partial charge in [0.25, 0.3) is 0 Å². The molecule has 21 heavy (non-hydrogen) atoms. The number of hydrogen-bond donors (Lipinski definition) is 1. The van der Waals surface area contributed by atoms with Gasteiger partial charge in [0.1, 0.15) is 17.4 Å². The van der Waals surface area contributed by atoms with Gasteiger partial charge in [-0.3, -0.25) is 4.79 Å². The first-order chi connectivity index (χ1) is 10.1. The van der Waals surface area contributed by atoms with Gasteiger partial charge in [0, 0.05) is 6.42 Å². The van der Waals surface area contributed by atoms with E-state index in [0.717, 1.165) is 25.0 Å². The Balaban J connectivity index is 2.06. The summed E-state index contributed by atoms with van der Waals surface area (Å²) in [6.45, 7) is 4.36. The fourth-order valence-corrected chi connectivity index (χ4v) is 2.97. The summed E-state index contributed by atoms with van der Waals surface area (Å²) in [6.07, 6.45) is 3.26. The van der Waals surface area contributed by atoms with E-state index in [1.807, 2.05) is 32.2 Å². The molecule has 2 rings (SSSR count). The molecule has 0 heterocycles. The standard InChI is InChI=1S/C17H25NO3/c1-4-13-8-6-7-9-15(13)21-14-10-11-17(12-14,18-3)16(19)20-5-2/h6-9,14,18H,4-5,10-12H2,1-3H3. The summed E-state index contributed by atoms with van der Waals surface area (Å²) >= 11 is 0. The van der Waals surface area contributed by atoms with Crippen LogP contribution in [0.1, 0.15) is 38.7 Å². The molecule has 1 saturated carbocycles.